The van der Waals surface area contributed by atoms with Gasteiger partial charge in [-0.3, -0.25) is 4.98 Å². The van der Waals surface area contributed by atoms with E-state index in [1.54, 1.807) is 24.3 Å². The van der Waals surface area contributed by atoms with Crippen molar-refractivity contribution in [3.8, 4) is 6.07 Å². The number of pyridine rings is 1. The third kappa shape index (κ3) is 5.39. The first-order valence-electron chi connectivity index (χ1n) is 11.4. The number of benzene rings is 3. The number of sulfone groups is 1. The number of aromatic nitrogens is 4. The van der Waals surface area contributed by atoms with Gasteiger partial charge in [-0.2, -0.15) is 20.7 Å². The van der Waals surface area contributed by atoms with E-state index in [2.05, 4.69) is 37.1 Å². The molecule has 2 aromatic heterocycles. The third-order valence-electron chi connectivity index (χ3n) is 6.00. The van der Waals surface area contributed by atoms with Crippen LogP contribution in [0.15, 0.2) is 65.8 Å². The second kappa shape index (κ2) is 10.9. The lowest BCUT2D eigenvalue weighted by Gasteiger charge is -2.21. The minimum atomic E-state index is -3.49. The van der Waals surface area contributed by atoms with Crippen LogP contribution < -0.4 is 10.6 Å². The summed E-state index contributed by atoms with van der Waals surface area (Å²) in [6.45, 7) is 0. The third-order valence-corrected chi connectivity index (χ3v) is 8.11. The maximum absolute atomic E-state index is 14.9. The number of nitrogens with one attached hydrogen (secondary N) is 3. The highest BCUT2D eigenvalue weighted by Crippen LogP contribution is 2.39. The lowest BCUT2D eigenvalue weighted by Crippen LogP contribution is -2.14. The van der Waals surface area contributed by atoms with E-state index in [0.717, 1.165) is 6.26 Å². The first-order valence-corrected chi connectivity index (χ1v) is 14.4. The van der Waals surface area contributed by atoms with E-state index >= 15 is 0 Å². The number of nitrogens with zero attached hydrogens (tertiary/aromatic N) is 4. The Morgan fingerprint density at radius 1 is 1.07 bits per heavy atom. The van der Waals surface area contributed by atoms with Gasteiger partial charge in [-0.05, 0) is 42.0 Å². The minimum absolute atomic E-state index is 0.00838. The van der Waals surface area contributed by atoms with E-state index in [-0.39, 0.29) is 36.9 Å². The Bertz CT molecular complexity index is 1910. The zero-order valence-corrected chi connectivity index (χ0v) is 23.5. The Morgan fingerprint density at radius 2 is 1.88 bits per heavy atom. The fraction of sp³-hybridized carbons (Fsp3) is 0.0769. The highest BCUT2D eigenvalue weighted by molar-refractivity contribution is 7.90. The van der Waals surface area contributed by atoms with Crippen molar-refractivity contribution >= 4 is 72.6 Å². The van der Waals surface area contributed by atoms with Crippen molar-refractivity contribution in [3.63, 3.8) is 0 Å². The summed E-state index contributed by atoms with van der Waals surface area (Å²) in [6, 6.07) is 13.8. The predicted molar refractivity (Wildman–Crippen MR) is 153 cm³/mol. The van der Waals surface area contributed by atoms with Crippen LogP contribution in [0.2, 0.25) is 15.1 Å². The normalized spacial score (nSPS) is 12.2. The molecule has 0 aliphatic heterocycles. The van der Waals surface area contributed by atoms with Gasteiger partial charge in [-0.15, -0.1) is 0 Å². The van der Waals surface area contributed by atoms with Crippen LogP contribution in [0.4, 0.5) is 21.5 Å². The van der Waals surface area contributed by atoms with Crippen molar-refractivity contribution in [1.82, 2.24) is 20.4 Å². The number of fused-ring (bicyclic) bond motifs is 1. The SMILES string of the molecule is CS(=O)(=O)c1cccc([C@H](Nc2cc(Cl)cc3c(Nc4ccc(Cl)c(Cl)c4F)c(C#N)cnc23)c2cn[nH]n2)c1. The molecule has 0 amide bonds. The smallest absolute Gasteiger partial charge is 0.175 e. The average Bonchev–Trinajstić information content (AvgIpc) is 3.46. The van der Waals surface area contributed by atoms with Gasteiger partial charge >= 0.3 is 0 Å². The number of H-pyrrole nitrogens is 1. The van der Waals surface area contributed by atoms with Gasteiger partial charge in [0.2, 0.25) is 0 Å². The summed E-state index contributed by atoms with van der Waals surface area (Å²) in [4.78, 5) is 4.60. The zero-order valence-electron chi connectivity index (χ0n) is 20.4. The van der Waals surface area contributed by atoms with E-state index in [4.69, 9.17) is 34.8 Å². The van der Waals surface area contributed by atoms with Gasteiger partial charge in [-0.25, -0.2) is 12.8 Å². The largest absolute Gasteiger partial charge is 0.371 e. The molecule has 0 saturated carbocycles. The Hall–Kier alpha value is -3.95. The van der Waals surface area contributed by atoms with Gasteiger partial charge in [-0.1, -0.05) is 46.9 Å². The van der Waals surface area contributed by atoms with Crippen LogP contribution in [0.5, 0.6) is 0 Å². The number of aromatic amines is 1. The highest BCUT2D eigenvalue weighted by atomic mass is 35.5. The lowest BCUT2D eigenvalue weighted by atomic mass is 10.0. The molecule has 0 spiro atoms. The van der Waals surface area contributed by atoms with Crippen molar-refractivity contribution in [2.45, 2.75) is 10.9 Å². The number of hydrogen-bond donors (Lipinski definition) is 3. The van der Waals surface area contributed by atoms with Crippen LogP contribution in [0, 0.1) is 17.1 Å². The van der Waals surface area contributed by atoms with Crippen LogP contribution in [-0.2, 0) is 9.84 Å². The maximum atomic E-state index is 14.9. The molecule has 0 aliphatic rings. The summed E-state index contributed by atoms with van der Waals surface area (Å²) >= 11 is 18.4. The molecule has 5 rings (SSSR count). The summed E-state index contributed by atoms with van der Waals surface area (Å²) in [6.07, 6.45) is 3.96. The standard InChI is InChI=1S/C26H17Cl3FN7O2S/c1-40(38,39)16-4-2-3-13(7-16)25(21-12-33-37-36-21)35-20-9-15(27)8-17-24(14(10-31)11-32-26(17)20)34-19-6-5-18(28)22(29)23(19)30/h2-9,11-12,25,35H,1H3,(H,32,34)(H,33,36,37)/t25-/m0/s1. The fourth-order valence-corrected chi connectivity index (χ4v) is 5.32. The molecule has 0 aliphatic carbocycles. The molecule has 0 radical (unpaired) electrons. The Balaban J connectivity index is 1.66. The second-order valence-electron chi connectivity index (χ2n) is 8.67. The van der Waals surface area contributed by atoms with E-state index in [9.17, 15) is 18.1 Å². The number of nitriles is 1. The van der Waals surface area contributed by atoms with Crippen molar-refractivity contribution in [2.24, 2.45) is 0 Å². The van der Waals surface area contributed by atoms with Crippen LogP contribution in [0.1, 0.15) is 22.9 Å². The number of rotatable bonds is 7. The van der Waals surface area contributed by atoms with Gasteiger partial charge in [0.25, 0.3) is 0 Å². The maximum Gasteiger partial charge on any atom is 0.175 e. The molecule has 0 unspecified atom stereocenters. The van der Waals surface area contributed by atoms with Gasteiger partial charge in [0.15, 0.2) is 15.7 Å². The number of halogens is 4. The molecule has 5 aromatic rings. The van der Waals surface area contributed by atoms with E-state index in [1.807, 2.05) is 0 Å². The predicted octanol–water partition coefficient (Wildman–Crippen LogP) is 6.67. The van der Waals surface area contributed by atoms with Crippen molar-refractivity contribution < 1.29 is 12.8 Å². The first-order chi connectivity index (χ1) is 19.1. The molecule has 1 atom stereocenters. The van der Waals surface area contributed by atoms with Gasteiger partial charge < -0.3 is 10.6 Å². The highest BCUT2D eigenvalue weighted by Gasteiger charge is 2.22. The Morgan fingerprint density at radius 3 is 2.58 bits per heavy atom. The summed E-state index contributed by atoms with van der Waals surface area (Å²) < 4.78 is 39.4. The van der Waals surface area contributed by atoms with Crippen molar-refractivity contribution in [2.75, 3.05) is 16.9 Å². The zero-order chi connectivity index (χ0) is 28.6. The van der Waals surface area contributed by atoms with Crippen LogP contribution >= 0.6 is 34.8 Å². The fourth-order valence-electron chi connectivity index (χ4n) is 4.11. The van der Waals surface area contributed by atoms with Gasteiger partial charge in [0.1, 0.15) is 11.8 Å². The Kier molecular flexibility index (Phi) is 7.53. The molecule has 0 bridgehead atoms. The van der Waals surface area contributed by atoms with Crippen LogP contribution in [0.25, 0.3) is 10.9 Å². The second-order valence-corrected chi connectivity index (χ2v) is 11.9. The molecule has 3 aromatic carbocycles. The molecule has 9 nitrogen and oxygen atoms in total. The summed E-state index contributed by atoms with van der Waals surface area (Å²) in [5.74, 6) is -0.791. The summed E-state index contributed by atoms with van der Waals surface area (Å²) in [5, 5.41) is 27.2. The minimum Gasteiger partial charge on any atom is -0.371 e. The molecule has 40 heavy (non-hydrogen) atoms. The molecular formula is C26H17Cl3FN7O2S. The molecule has 14 heteroatoms. The molecule has 3 N–H and O–H groups in total. The number of hydrogen-bond acceptors (Lipinski definition) is 8. The van der Waals surface area contributed by atoms with Crippen molar-refractivity contribution in [1.29, 1.82) is 5.26 Å². The summed E-state index contributed by atoms with van der Waals surface area (Å²) in [5.41, 5.74) is 2.22. The molecule has 2 heterocycles. The average molecular weight is 617 g/mol. The molecule has 0 saturated heterocycles. The van der Waals surface area contributed by atoms with Crippen molar-refractivity contribution in [3.05, 3.63) is 98.6 Å². The monoisotopic (exact) mass is 615 g/mol. The molecule has 202 valence electrons. The number of anilines is 3. The topological polar surface area (TPSA) is 136 Å². The van der Waals surface area contributed by atoms with Gasteiger partial charge in [0, 0.05) is 22.9 Å². The van der Waals surface area contributed by atoms with E-state index < -0.39 is 21.7 Å². The molecular weight excluding hydrogens is 600 g/mol. The van der Waals surface area contributed by atoms with Crippen LogP contribution in [0.3, 0.4) is 0 Å². The quantitative estimate of drug-likeness (QED) is 0.172. The first kappa shape index (κ1) is 27.6. The lowest BCUT2D eigenvalue weighted by molar-refractivity contribution is 0.601. The summed E-state index contributed by atoms with van der Waals surface area (Å²) in [7, 11) is -3.49. The Labute approximate surface area is 242 Å². The van der Waals surface area contributed by atoms with E-state index in [0.29, 0.717) is 27.8 Å². The van der Waals surface area contributed by atoms with Crippen LogP contribution in [-0.4, -0.2) is 35.1 Å². The molecule has 0 fully saturated rings. The van der Waals surface area contributed by atoms with E-state index in [1.165, 1.54) is 36.7 Å². The van der Waals surface area contributed by atoms with Gasteiger partial charge in [0.05, 0.1) is 55.3 Å².